The Labute approximate surface area is 178 Å². The summed E-state index contributed by atoms with van der Waals surface area (Å²) >= 11 is 0. The van der Waals surface area contributed by atoms with Crippen molar-refractivity contribution in [2.45, 2.75) is 5.92 Å². The van der Waals surface area contributed by atoms with Crippen molar-refractivity contribution in [1.29, 1.82) is 0 Å². The van der Waals surface area contributed by atoms with Crippen molar-refractivity contribution < 1.29 is 28.9 Å². The molecule has 0 radical (unpaired) electrons. The molecule has 0 fully saturated rings. The zero-order valence-electron chi connectivity index (χ0n) is 16.5. The maximum Gasteiger partial charge on any atom is 0.411 e. The summed E-state index contributed by atoms with van der Waals surface area (Å²) in [5.41, 5.74) is 4.70. The summed E-state index contributed by atoms with van der Waals surface area (Å²) in [5, 5.41) is 12.1. The number of rotatable bonds is 4. The Morgan fingerprint density at radius 3 is 2.29 bits per heavy atom. The van der Waals surface area contributed by atoms with Crippen LogP contribution in [0.5, 0.6) is 11.5 Å². The van der Waals surface area contributed by atoms with Crippen LogP contribution in [0.25, 0.3) is 11.1 Å². The van der Waals surface area contributed by atoms with Gasteiger partial charge < -0.3 is 19.3 Å². The summed E-state index contributed by atoms with van der Waals surface area (Å²) < 4.78 is 16.4. The molecule has 1 aliphatic carbocycles. The largest absolute Gasteiger partial charge is 0.486 e. The number of carboxylic acid groups (broad SMARTS) is 1. The fourth-order valence-electron chi connectivity index (χ4n) is 4.14. The van der Waals surface area contributed by atoms with E-state index in [1.165, 1.54) is 12.1 Å². The molecular formula is C24H19NO6. The lowest BCUT2D eigenvalue weighted by Crippen LogP contribution is -2.20. The number of carbonyl (C=O) groups excluding carboxylic acids is 1. The first kappa shape index (κ1) is 19.0. The van der Waals surface area contributed by atoms with Gasteiger partial charge in [-0.25, -0.2) is 9.59 Å². The van der Waals surface area contributed by atoms with Crippen LogP contribution in [0.2, 0.25) is 0 Å². The number of hydrogen-bond donors (Lipinski definition) is 2. The van der Waals surface area contributed by atoms with Gasteiger partial charge in [0.1, 0.15) is 25.4 Å². The fraction of sp³-hybridized carbons (Fsp3) is 0.167. The summed E-state index contributed by atoms with van der Waals surface area (Å²) in [6.45, 7) is 0.739. The van der Waals surface area contributed by atoms with Gasteiger partial charge in [-0.1, -0.05) is 48.5 Å². The standard InChI is InChI=1S/C24H19NO6/c26-23(27)19-11-14(12-21-22(19)30-10-9-29-21)25-24(28)31-13-20-17-7-3-1-5-15(17)16-6-2-4-8-18(16)20/h1-8,11-12,20H,9-10,13H2,(H,25,28)(H,26,27). The van der Waals surface area contributed by atoms with Crippen molar-refractivity contribution in [2.24, 2.45) is 0 Å². The number of carboxylic acids is 1. The third kappa shape index (κ3) is 3.44. The van der Waals surface area contributed by atoms with Crippen molar-refractivity contribution in [1.82, 2.24) is 0 Å². The van der Waals surface area contributed by atoms with Crippen LogP contribution >= 0.6 is 0 Å². The highest BCUT2D eigenvalue weighted by atomic mass is 16.6. The smallest absolute Gasteiger partial charge is 0.411 e. The van der Waals surface area contributed by atoms with E-state index in [4.69, 9.17) is 14.2 Å². The first-order chi connectivity index (χ1) is 15.1. The second kappa shape index (κ2) is 7.68. The quantitative estimate of drug-likeness (QED) is 0.648. The van der Waals surface area contributed by atoms with E-state index < -0.39 is 12.1 Å². The van der Waals surface area contributed by atoms with Crippen LogP contribution in [-0.2, 0) is 4.74 Å². The minimum Gasteiger partial charge on any atom is -0.486 e. The first-order valence-corrected chi connectivity index (χ1v) is 9.91. The van der Waals surface area contributed by atoms with Gasteiger partial charge in [-0.3, -0.25) is 5.32 Å². The van der Waals surface area contributed by atoms with Crippen LogP contribution in [0.3, 0.4) is 0 Å². The second-order valence-corrected chi connectivity index (χ2v) is 7.30. The number of anilines is 1. The van der Waals surface area contributed by atoms with Gasteiger partial charge in [-0.15, -0.1) is 0 Å². The number of ether oxygens (including phenoxy) is 3. The van der Waals surface area contributed by atoms with Gasteiger partial charge >= 0.3 is 12.1 Å². The Balaban J connectivity index is 1.33. The summed E-state index contributed by atoms with van der Waals surface area (Å²) in [4.78, 5) is 24.1. The number of aromatic carboxylic acids is 1. The molecule has 0 saturated carbocycles. The summed E-state index contributed by atoms with van der Waals surface area (Å²) in [5.74, 6) is -0.789. The lowest BCUT2D eigenvalue weighted by Gasteiger charge is -2.21. The molecule has 7 heteroatoms. The van der Waals surface area contributed by atoms with Crippen molar-refractivity contribution in [2.75, 3.05) is 25.1 Å². The molecule has 0 atom stereocenters. The number of carbonyl (C=O) groups is 2. The third-order valence-electron chi connectivity index (χ3n) is 5.46. The average Bonchev–Trinajstić information content (AvgIpc) is 3.11. The number of benzene rings is 3. The Morgan fingerprint density at radius 1 is 0.968 bits per heavy atom. The Hall–Kier alpha value is -4.00. The molecule has 156 valence electrons. The molecule has 7 nitrogen and oxygen atoms in total. The van der Waals surface area contributed by atoms with E-state index in [2.05, 4.69) is 17.4 Å². The summed E-state index contributed by atoms with van der Waals surface area (Å²) in [7, 11) is 0. The minimum atomic E-state index is -1.17. The van der Waals surface area contributed by atoms with Crippen LogP contribution in [0.15, 0.2) is 60.7 Å². The van der Waals surface area contributed by atoms with Gasteiger partial charge in [0.2, 0.25) is 0 Å². The first-order valence-electron chi connectivity index (χ1n) is 9.91. The zero-order chi connectivity index (χ0) is 21.4. The fourth-order valence-corrected chi connectivity index (χ4v) is 4.14. The molecule has 0 spiro atoms. The molecule has 1 amide bonds. The monoisotopic (exact) mass is 417 g/mol. The van der Waals surface area contributed by atoms with Gasteiger partial charge in [0, 0.05) is 17.7 Å². The van der Waals surface area contributed by atoms with Gasteiger partial charge in [0.05, 0.1) is 0 Å². The van der Waals surface area contributed by atoms with E-state index >= 15 is 0 Å². The predicted molar refractivity (Wildman–Crippen MR) is 113 cm³/mol. The third-order valence-corrected chi connectivity index (χ3v) is 5.46. The van der Waals surface area contributed by atoms with Crippen LogP contribution < -0.4 is 14.8 Å². The van der Waals surface area contributed by atoms with Crippen molar-refractivity contribution in [3.05, 3.63) is 77.4 Å². The molecule has 2 aliphatic rings. The molecule has 3 aromatic rings. The van der Waals surface area contributed by atoms with Crippen molar-refractivity contribution in [3.63, 3.8) is 0 Å². The molecule has 31 heavy (non-hydrogen) atoms. The minimum absolute atomic E-state index is 0.0620. The maximum atomic E-state index is 12.5. The Kier molecular flexibility index (Phi) is 4.71. The lowest BCUT2D eigenvalue weighted by molar-refractivity contribution is 0.0686. The molecule has 0 aromatic heterocycles. The molecule has 0 saturated heterocycles. The normalized spacial score (nSPS) is 13.8. The molecular weight excluding hydrogens is 398 g/mol. The van der Waals surface area contributed by atoms with E-state index in [0.29, 0.717) is 6.61 Å². The summed E-state index contributed by atoms with van der Waals surface area (Å²) in [6.07, 6.45) is -0.671. The number of nitrogens with one attached hydrogen (secondary N) is 1. The van der Waals surface area contributed by atoms with E-state index in [0.717, 1.165) is 22.3 Å². The second-order valence-electron chi connectivity index (χ2n) is 7.30. The van der Waals surface area contributed by atoms with Gasteiger partial charge in [0.25, 0.3) is 0 Å². The number of hydrogen-bond acceptors (Lipinski definition) is 5. The number of fused-ring (bicyclic) bond motifs is 4. The van der Waals surface area contributed by atoms with Crippen LogP contribution in [0, 0.1) is 0 Å². The van der Waals surface area contributed by atoms with Crippen molar-refractivity contribution >= 4 is 17.7 Å². The SMILES string of the molecule is O=C(Nc1cc2c(c(C(=O)O)c1)OCCO2)OCC1c2ccccc2-c2ccccc21. The van der Waals surface area contributed by atoms with E-state index in [1.54, 1.807) is 0 Å². The molecule has 3 aromatic carbocycles. The highest BCUT2D eigenvalue weighted by Gasteiger charge is 2.29. The Morgan fingerprint density at radius 2 is 1.61 bits per heavy atom. The topological polar surface area (TPSA) is 94.1 Å². The highest BCUT2D eigenvalue weighted by molar-refractivity contribution is 5.95. The molecule has 1 heterocycles. The van der Waals surface area contributed by atoms with Crippen LogP contribution in [0.1, 0.15) is 27.4 Å². The molecule has 0 unspecified atom stereocenters. The average molecular weight is 417 g/mol. The van der Waals surface area contributed by atoms with Crippen LogP contribution in [-0.4, -0.2) is 37.0 Å². The van der Waals surface area contributed by atoms with E-state index in [9.17, 15) is 14.7 Å². The molecule has 5 rings (SSSR count). The van der Waals surface area contributed by atoms with E-state index in [1.807, 2.05) is 36.4 Å². The van der Waals surface area contributed by atoms with Crippen molar-refractivity contribution in [3.8, 4) is 22.6 Å². The number of amides is 1. The predicted octanol–water partition coefficient (Wildman–Crippen LogP) is 4.52. The van der Waals surface area contributed by atoms with Gasteiger partial charge in [-0.05, 0) is 28.3 Å². The molecule has 0 bridgehead atoms. The summed E-state index contributed by atoms with van der Waals surface area (Å²) in [6, 6.07) is 19.0. The zero-order valence-corrected chi connectivity index (χ0v) is 16.5. The van der Waals surface area contributed by atoms with Gasteiger partial charge in [0.15, 0.2) is 11.5 Å². The lowest BCUT2D eigenvalue weighted by atomic mass is 9.98. The molecule has 2 N–H and O–H groups in total. The van der Waals surface area contributed by atoms with Gasteiger partial charge in [-0.2, -0.15) is 0 Å². The Bertz CT molecular complexity index is 1140. The highest BCUT2D eigenvalue weighted by Crippen LogP contribution is 2.44. The van der Waals surface area contributed by atoms with Crippen LogP contribution in [0.4, 0.5) is 10.5 Å². The maximum absolute atomic E-state index is 12.5. The van der Waals surface area contributed by atoms with E-state index in [-0.39, 0.29) is 41.9 Å². The molecule has 1 aliphatic heterocycles.